The third-order valence-electron chi connectivity index (χ3n) is 3.83. The van der Waals surface area contributed by atoms with Crippen LogP contribution in [0.3, 0.4) is 0 Å². The second-order valence-electron chi connectivity index (χ2n) is 5.66. The highest BCUT2D eigenvalue weighted by atomic mass is 127. The highest BCUT2D eigenvalue weighted by molar-refractivity contribution is 14.0. The molecule has 0 spiro atoms. The number of nitriles is 1. The summed E-state index contributed by atoms with van der Waals surface area (Å²) in [7, 11) is 3.17. The fourth-order valence-corrected chi connectivity index (χ4v) is 2.45. The van der Waals surface area contributed by atoms with E-state index in [9.17, 15) is 4.39 Å². The number of guanidine groups is 1. The number of hydrogen-bond donors (Lipinski definition) is 2. The largest absolute Gasteiger partial charge is 0.493 e. The number of nitrogens with one attached hydrogen (secondary N) is 2. The molecule has 0 aromatic heterocycles. The maximum Gasteiger partial charge on any atom is 0.191 e. The standard InChI is InChI=1S/C20H23FN4O2.HI/c1-4-23-20(25-13-16-9-14(11-22)5-7-17(16)21)24-12-15-6-8-18(26-2)19(10-15)27-3;/h5-10H,4,12-13H2,1-3H3,(H2,23,24,25);1H. The molecule has 0 heterocycles. The molecule has 6 nitrogen and oxygen atoms in total. The summed E-state index contributed by atoms with van der Waals surface area (Å²) in [5.74, 6) is 1.48. The summed E-state index contributed by atoms with van der Waals surface area (Å²) < 4.78 is 24.4. The zero-order valence-electron chi connectivity index (χ0n) is 16.1. The minimum atomic E-state index is -0.364. The van der Waals surface area contributed by atoms with Crippen molar-refractivity contribution < 1.29 is 13.9 Å². The molecule has 2 aromatic carbocycles. The molecule has 0 unspecified atom stereocenters. The van der Waals surface area contributed by atoms with Gasteiger partial charge in [-0.2, -0.15) is 5.26 Å². The number of rotatable bonds is 7. The van der Waals surface area contributed by atoms with Crippen LogP contribution in [0.5, 0.6) is 11.5 Å². The highest BCUT2D eigenvalue weighted by Crippen LogP contribution is 2.27. The summed E-state index contributed by atoms with van der Waals surface area (Å²) in [6.45, 7) is 3.25. The molecule has 0 saturated carbocycles. The van der Waals surface area contributed by atoms with Gasteiger partial charge in [0.05, 0.1) is 32.4 Å². The molecule has 0 atom stereocenters. The number of aliphatic imine (C=N–C) groups is 1. The number of methoxy groups -OCH3 is 2. The Morgan fingerprint density at radius 1 is 1.11 bits per heavy atom. The maximum atomic E-state index is 13.9. The second kappa shape index (κ2) is 12.0. The van der Waals surface area contributed by atoms with E-state index in [-0.39, 0.29) is 36.3 Å². The van der Waals surface area contributed by atoms with Crippen molar-refractivity contribution in [3.8, 4) is 17.6 Å². The maximum absolute atomic E-state index is 13.9. The molecule has 0 saturated heterocycles. The van der Waals surface area contributed by atoms with Crippen LogP contribution in [-0.4, -0.2) is 26.7 Å². The molecule has 0 radical (unpaired) electrons. The van der Waals surface area contributed by atoms with Gasteiger partial charge in [-0.15, -0.1) is 24.0 Å². The lowest BCUT2D eigenvalue weighted by Crippen LogP contribution is -2.37. The van der Waals surface area contributed by atoms with Gasteiger partial charge in [0, 0.05) is 18.7 Å². The van der Waals surface area contributed by atoms with Crippen LogP contribution in [0.25, 0.3) is 0 Å². The first-order chi connectivity index (χ1) is 13.1. The van der Waals surface area contributed by atoms with E-state index in [1.165, 1.54) is 18.2 Å². The number of halogens is 2. The van der Waals surface area contributed by atoms with E-state index in [0.29, 0.717) is 41.7 Å². The molecule has 2 aromatic rings. The van der Waals surface area contributed by atoms with Gasteiger partial charge in [-0.05, 0) is 42.8 Å². The van der Waals surface area contributed by atoms with Crippen LogP contribution in [-0.2, 0) is 13.1 Å². The monoisotopic (exact) mass is 498 g/mol. The molecule has 0 amide bonds. The summed E-state index contributed by atoms with van der Waals surface area (Å²) in [6.07, 6.45) is 0. The lowest BCUT2D eigenvalue weighted by atomic mass is 10.1. The average Bonchev–Trinajstić information content (AvgIpc) is 2.70. The van der Waals surface area contributed by atoms with Crippen molar-refractivity contribution in [2.24, 2.45) is 4.99 Å². The zero-order valence-corrected chi connectivity index (χ0v) is 18.4. The first kappa shape index (κ1) is 23.5. The molecule has 2 N–H and O–H groups in total. The Labute approximate surface area is 181 Å². The third kappa shape index (κ3) is 6.56. The van der Waals surface area contributed by atoms with Crippen LogP contribution in [0.1, 0.15) is 23.6 Å². The predicted molar refractivity (Wildman–Crippen MR) is 118 cm³/mol. The van der Waals surface area contributed by atoms with E-state index in [1.54, 1.807) is 14.2 Å². The quantitative estimate of drug-likeness (QED) is 0.347. The number of ether oxygens (including phenoxy) is 2. The van der Waals surface area contributed by atoms with Gasteiger partial charge >= 0.3 is 0 Å². The minimum Gasteiger partial charge on any atom is -0.493 e. The van der Waals surface area contributed by atoms with Crippen LogP contribution in [0, 0.1) is 17.1 Å². The first-order valence-corrected chi connectivity index (χ1v) is 8.52. The smallest absolute Gasteiger partial charge is 0.191 e. The van der Waals surface area contributed by atoms with Gasteiger partial charge in [0.25, 0.3) is 0 Å². The van der Waals surface area contributed by atoms with Gasteiger partial charge < -0.3 is 20.1 Å². The first-order valence-electron chi connectivity index (χ1n) is 8.52. The molecule has 0 aliphatic rings. The molecule has 0 aliphatic heterocycles. The Kier molecular flexibility index (Phi) is 10.1. The number of hydrogen-bond acceptors (Lipinski definition) is 4. The Balaban J connectivity index is 0.00000392. The number of benzene rings is 2. The van der Waals surface area contributed by atoms with E-state index in [4.69, 9.17) is 14.7 Å². The summed E-state index contributed by atoms with van der Waals surface area (Å²) in [4.78, 5) is 4.51. The van der Waals surface area contributed by atoms with Crippen LogP contribution in [0.2, 0.25) is 0 Å². The fraction of sp³-hybridized carbons (Fsp3) is 0.300. The van der Waals surface area contributed by atoms with Gasteiger partial charge in [0.1, 0.15) is 5.82 Å². The van der Waals surface area contributed by atoms with Gasteiger partial charge in [0.15, 0.2) is 17.5 Å². The van der Waals surface area contributed by atoms with Crippen molar-refractivity contribution in [1.29, 1.82) is 5.26 Å². The summed E-state index contributed by atoms with van der Waals surface area (Å²) >= 11 is 0. The Morgan fingerprint density at radius 2 is 1.86 bits per heavy atom. The van der Waals surface area contributed by atoms with Crippen LogP contribution in [0.15, 0.2) is 41.4 Å². The van der Waals surface area contributed by atoms with Crippen molar-refractivity contribution in [1.82, 2.24) is 10.6 Å². The highest BCUT2D eigenvalue weighted by Gasteiger charge is 2.07. The number of nitrogens with zero attached hydrogens (tertiary/aromatic N) is 2. The Bertz CT molecular complexity index is 853. The van der Waals surface area contributed by atoms with Crippen molar-refractivity contribution in [2.75, 3.05) is 20.8 Å². The van der Waals surface area contributed by atoms with Crippen LogP contribution >= 0.6 is 24.0 Å². The minimum absolute atomic E-state index is 0. The van der Waals surface area contributed by atoms with E-state index >= 15 is 0 Å². The second-order valence-corrected chi connectivity index (χ2v) is 5.66. The SMILES string of the molecule is CCNC(=NCc1ccc(OC)c(OC)c1)NCc1cc(C#N)ccc1F.I. The molecule has 150 valence electrons. The van der Waals surface area contributed by atoms with Crippen LogP contribution < -0.4 is 20.1 Å². The lowest BCUT2D eigenvalue weighted by molar-refractivity contribution is 0.354. The Morgan fingerprint density at radius 3 is 2.50 bits per heavy atom. The molecular formula is C20H24FIN4O2. The molecule has 2 rings (SSSR count). The average molecular weight is 498 g/mol. The lowest BCUT2D eigenvalue weighted by Gasteiger charge is -2.13. The molecule has 0 fully saturated rings. The molecule has 28 heavy (non-hydrogen) atoms. The van der Waals surface area contributed by atoms with Crippen molar-refractivity contribution in [3.63, 3.8) is 0 Å². The van der Waals surface area contributed by atoms with Gasteiger partial charge in [-0.25, -0.2) is 9.38 Å². The molecule has 8 heteroatoms. The van der Waals surface area contributed by atoms with Crippen molar-refractivity contribution in [3.05, 3.63) is 58.9 Å². The van der Waals surface area contributed by atoms with E-state index in [2.05, 4.69) is 15.6 Å². The predicted octanol–water partition coefficient (Wildman–Crippen LogP) is 3.59. The van der Waals surface area contributed by atoms with Crippen LogP contribution in [0.4, 0.5) is 4.39 Å². The molecule has 0 aliphatic carbocycles. The van der Waals surface area contributed by atoms with Crippen molar-refractivity contribution >= 4 is 29.9 Å². The Hall–Kier alpha value is -2.54. The third-order valence-corrected chi connectivity index (χ3v) is 3.83. The van der Waals surface area contributed by atoms with Crippen molar-refractivity contribution in [2.45, 2.75) is 20.0 Å². The summed E-state index contributed by atoms with van der Waals surface area (Å²) in [5, 5.41) is 15.2. The fourth-order valence-electron chi connectivity index (χ4n) is 2.45. The summed E-state index contributed by atoms with van der Waals surface area (Å²) in [6, 6.07) is 11.9. The van der Waals surface area contributed by atoms with E-state index < -0.39 is 0 Å². The van der Waals surface area contributed by atoms with E-state index in [0.717, 1.165) is 5.56 Å². The molecular weight excluding hydrogens is 474 g/mol. The normalized spacial score (nSPS) is 10.5. The topological polar surface area (TPSA) is 78.7 Å². The molecule has 0 bridgehead atoms. The van der Waals surface area contributed by atoms with Gasteiger partial charge in [-0.1, -0.05) is 6.07 Å². The zero-order chi connectivity index (χ0) is 19.6. The van der Waals surface area contributed by atoms with Gasteiger partial charge in [-0.3, -0.25) is 0 Å². The summed E-state index contributed by atoms with van der Waals surface area (Å²) in [5.41, 5.74) is 1.77. The van der Waals surface area contributed by atoms with E-state index in [1.807, 2.05) is 31.2 Å². The van der Waals surface area contributed by atoms with Gasteiger partial charge in [0.2, 0.25) is 0 Å².